The Bertz CT molecular complexity index is 1270. The van der Waals surface area contributed by atoms with Gasteiger partial charge >= 0.3 is 0 Å². The van der Waals surface area contributed by atoms with Crippen LogP contribution in [-0.2, 0) is 16.0 Å². The van der Waals surface area contributed by atoms with E-state index in [1.165, 1.54) is 16.2 Å². The minimum Gasteiger partial charge on any atom is -0.507 e. The van der Waals surface area contributed by atoms with Gasteiger partial charge in [-0.15, -0.1) is 11.3 Å². The van der Waals surface area contributed by atoms with E-state index in [2.05, 4.69) is 0 Å². The number of anilines is 1. The number of aryl methyl sites for hydroxylation is 2. The number of carbonyl (C=O) groups excluding carboxylic acids is 2. The van der Waals surface area contributed by atoms with E-state index in [1.807, 2.05) is 68.6 Å². The molecule has 1 amide bonds. The number of aliphatic hydroxyl groups is 1. The predicted octanol–water partition coefficient (Wildman–Crippen LogP) is 5.31. The fourth-order valence-electron chi connectivity index (χ4n) is 4.60. The van der Waals surface area contributed by atoms with Crippen LogP contribution in [0.15, 0.2) is 59.5 Å². The first-order valence-corrected chi connectivity index (χ1v) is 11.4. The van der Waals surface area contributed by atoms with Crippen molar-refractivity contribution in [1.29, 1.82) is 0 Å². The summed E-state index contributed by atoms with van der Waals surface area (Å²) in [6.45, 7) is 5.90. The lowest BCUT2D eigenvalue weighted by molar-refractivity contribution is -0.132. The first kappa shape index (κ1) is 20.5. The lowest BCUT2D eigenvalue weighted by Gasteiger charge is -2.26. The third-order valence-electron chi connectivity index (χ3n) is 6.04. The Morgan fingerprint density at radius 2 is 1.94 bits per heavy atom. The van der Waals surface area contributed by atoms with Crippen molar-refractivity contribution in [2.45, 2.75) is 39.3 Å². The monoisotopic (exact) mass is 445 g/mol. The van der Waals surface area contributed by atoms with Gasteiger partial charge in [0.25, 0.3) is 11.7 Å². The SMILES string of the molecule is Cc1ccc(N2C(=O)C(=O)/C(=C(\O)c3ccc4c(c3)CC(C)O4)C2c2cccs2)c(C)c1. The molecule has 1 saturated heterocycles. The zero-order chi connectivity index (χ0) is 22.6. The molecule has 2 aromatic carbocycles. The lowest BCUT2D eigenvalue weighted by Crippen LogP contribution is -2.29. The summed E-state index contributed by atoms with van der Waals surface area (Å²) in [7, 11) is 0. The van der Waals surface area contributed by atoms with E-state index in [-0.39, 0.29) is 17.4 Å². The summed E-state index contributed by atoms with van der Waals surface area (Å²) in [6, 6.07) is 14.3. The van der Waals surface area contributed by atoms with Crippen molar-refractivity contribution in [3.05, 3.63) is 86.6 Å². The second kappa shape index (κ2) is 7.64. The van der Waals surface area contributed by atoms with Crippen LogP contribution in [0.3, 0.4) is 0 Å². The Kier molecular flexibility index (Phi) is 4.90. The number of benzene rings is 2. The maximum atomic E-state index is 13.2. The maximum absolute atomic E-state index is 13.2. The number of fused-ring (bicyclic) bond motifs is 1. The van der Waals surface area contributed by atoms with E-state index >= 15 is 0 Å². The molecule has 0 radical (unpaired) electrons. The summed E-state index contributed by atoms with van der Waals surface area (Å²) in [5, 5.41) is 13.2. The molecule has 32 heavy (non-hydrogen) atoms. The Labute approximate surface area is 190 Å². The van der Waals surface area contributed by atoms with Crippen LogP contribution in [0.2, 0.25) is 0 Å². The number of ketones is 1. The normalized spacial score (nSPS) is 21.7. The van der Waals surface area contributed by atoms with Crippen LogP contribution in [-0.4, -0.2) is 22.9 Å². The number of thiophene rings is 1. The van der Waals surface area contributed by atoms with Crippen LogP contribution >= 0.6 is 11.3 Å². The first-order valence-electron chi connectivity index (χ1n) is 10.6. The molecular formula is C26H23NO4S. The number of rotatable bonds is 3. The van der Waals surface area contributed by atoms with E-state index < -0.39 is 17.7 Å². The van der Waals surface area contributed by atoms with Crippen LogP contribution < -0.4 is 9.64 Å². The molecule has 0 saturated carbocycles. The van der Waals surface area contributed by atoms with Gasteiger partial charge in [0, 0.05) is 22.5 Å². The van der Waals surface area contributed by atoms with Crippen LogP contribution in [0.5, 0.6) is 5.75 Å². The van der Waals surface area contributed by atoms with E-state index in [4.69, 9.17) is 4.74 Å². The van der Waals surface area contributed by atoms with E-state index in [0.29, 0.717) is 11.3 Å². The minimum absolute atomic E-state index is 0.0728. The Morgan fingerprint density at radius 3 is 2.66 bits per heavy atom. The van der Waals surface area contributed by atoms with Crippen LogP contribution in [0.25, 0.3) is 5.76 Å². The van der Waals surface area contributed by atoms with Crippen LogP contribution in [0.1, 0.15) is 40.1 Å². The molecule has 162 valence electrons. The molecule has 2 aliphatic rings. The minimum atomic E-state index is -0.681. The number of hydrogen-bond acceptors (Lipinski definition) is 5. The van der Waals surface area contributed by atoms with Gasteiger partial charge in [-0.3, -0.25) is 14.5 Å². The molecule has 6 heteroatoms. The third-order valence-corrected chi connectivity index (χ3v) is 6.96. The molecule has 3 heterocycles. The summed E-state index contributed by atoms with van der Waals surface area (Å²) in [5.41, 5.74) is 4.26. The highest BCUT2D eigenvalue weighted by Gasteiger charge is 2.47. The summed E-state index contributed by atoms with van der Waals surface area (Å²) in [5.74, 6) is -0.669. The van der Waals surface area contributed by atoms with Crippen molar-refractivity contribution >= 4 is 34.5 Å². The topological polar surface area (TPSA) is 66.8 Å². The van der Waals surface area contributed by atoms with Crippen LogP contribution in [0, 0.1) is 13.8 Å². The van der Waals surface area contributed by atoms with Gasteiger partial charge in [-0.2, -0.15) is 0 Å². The van der Waals surface area contributed by atoms with Crippen molar-refractivity contribution in [2.24, 2.45) is 0 Å². The van der Waals surface area contributed by atoms with Gasteiger partial charge in [0.2, 0.25) is 0 Å². The van der Waals surface area contributed by atoms with Gasteiger partial charge in [-0.25, -0.2) is 0 Å². The molecule has 0 spiro atoms. The second-order valence-electron chi connectivity index (χ2n) is 8.43. The molecule has 1 N–H and O–H groups in total. The van der Waals surface area contributed by atoms with Crippen molar-refractivity contribution in [1.82, 2.24) is 0 Å². The molecule has 5 nitrogen and oxygen atoms in total. The zero-order valence-electron chi connectivity index (χ0n) is 18.1. The maximum Gasteiger partial charge on any atom is 0.300 e. The molecule has 5 rings (SSSR count). The van der Waals surface area contributed by atoms with Crippen molar-refractivity contribution in [3.8, 4) is 5.75 Å². The molecule has 0 aliphatic carbocycles. The Balaban J connectivity index is 1.68. The van der Waals surface area contributed by atoms with Crippen molar-refractivity contribution in [2.75, 3.05) is 4.90 Å². The van der Waals surface area contributed by atoms with Crippen LogP contribution in [0.4, 0.5) is 5.69 Å². The molecule has 1 aromatic heterocycles. The second-order valence-corrected chi connectivity index (χ2v) is 9.41. The molecule has 1 fully saturated rings. The molecule has 3 aromatic rings. The van der Waals surface area contributed by atoms with Gasteiger partial charge in [0.05, 0.1) is 5.57 Å². The summed E-state index contributed by atoms with van der Waals surface area (Å²) < 4.78 is 5.76. The summed E-state index contributed by atoms with van der Waals surface area (Å²) >= 11 is 1.46. The van der Waals surface area contributed by atoms with E-state index in [1.54, 1.807) is 6.07 Å². The fourth-order valence-corrected chi connectivity index (χ4v) is 5.42. The highest BCUT2D eigenvalue weighted by molar-refractivity contribution is 7.10. The molecular weight excluding hydrogens is 422 g/mol. The lowest BCUT2D eigenvalue weighted by atomic mass is 9.97. The highest BCUT2D eigenvalue weighted by Crippen LogP contribution is 2.45. The highest BCUT2D eigenvalue weighted by atomic mass is 32.1. The quantitative estimate of drug-likeness (QED) is 0.337. The summed E-state index contributed by atoms with van der Waals surface area (Å²) in [6.07, 6.45) is 0.811. The van der Waals surface area contributed by atoms with Gasteiger partial charge in [0.15, 0.2) is 0 Å². The molecule has 2 aliphatic heterocycles. The zero-order valence-corrected chi connectivity index (χ0v) is 18.9. The predicted molar refractivity (Wildman–Crippen MR) is 125 cm³/mol. The van der Waals surface area contributed by atoms with E-state index in [0.717, 1.165) is 33.7 Å². The van der Waals surface area contributed by atoms with Gasteiger partial charge in [-0.05, 0) is 67.6 Å². The molecule has 0 bridgehead atoms. The number of Topliss-reactive ketones (excluding diaryl/α,β-unsaturated/α-hetero) is 1. The number of amides is 1. The first-order chi connectivity index (χ1) is 15.3. The van der Waals surface area contributed by atoms with E-state index in [9.17, 15) is 14.7 Å². The van der Waals surface area contributed by atoms with Crippen molar-refractivity contribution < 1.29 is 19.4 Å². The number of aliphatic hydroxyl groups excluding tert-OH is 1. The Morgan fingerprint density at radius 1 is 1.12 bits per heavy atom. The molecule has 2 unspecified atom stereocenters. The summed E-state index contributed by atoms with van der Waals surface area (Å²) in [4.78, 5) is 28.8. The smallest absolute Gasteiger partial charge is 0.300 e. The van der Waals surface area contributed by atoms with Crippen molar-refractivity contribution in [3.63, 3.8) is 0 Å². The van der Waals surface area contributed by atoms with Gasteiger partial charge in [-0.1, -0.05) is 23.8 Å². The average Bonchev–Trinajstić information content (AvgIpc) is 3.46. The largest absolute Gasteiger partial charge is 0.507 e. The third kappa shape index (κ3) is 3.22. The standard InChI is InChI=1S/C26H23NO4S/c1-14-6-8-19(15(2)11-14)27-23(21-5-4-10-32-21)22(25(29)26(27)30)24(28)17-7-9-20-18(13-17)12-16(3)31-20/h4-11,13,16,23,28H,12H2,1-3H3/b24-22-. The average molecular weight is 446 g/mol. The number of ether oxygens (including phenoxy) is 1. The van der Waals surface area contributed by atoms with Gasteiger partial charge < -0.3 is 9.84 Å². The number of nitrogens with zero attached hydrogens (tertiary/aromatic N) is 1. The Hall–Kier alpha value is -3.38. The fraction of sp³-hybridized carbons (Fsp3) is 0.231. The van der Waals surface area contributed by atoms with Gasteiger partial charge in [0.1, 0.15) is 23.7 Å². The molecule has 2 atom stereocenters. The number of carbonyl (C=O) groups is 2. The number of hydrogen-bond donors (Lipinski definition) is 1.